The van der Waals surface area contributed by atoms with Crippen molar-refractivity contribution >= 4 is 33.8 Å². The molecule has 118 valence electrons. The Hall–Kier alpha value is -2.50. The molecule has 2 aromatic heterocycles. The highest BCUT2D eigenvalue weighted by atomic mass is 35.5. The third-order valence-electron chi connectivity index (χ3n) is 3.72. The van der Waals surface area contributed by atoms with Crippen molar-refractivity contribution in [3.8, 4) is 11.4 Å². The molecular weight excluding hydrogens is 342 g/mol. The Bertz CT molecular complexity index is 1070. The van der Waals surface area contributed by atoms with Gasteiger partial charge in [-0.05, 0) is 23.8 Å². The minimum absolute atomic E-state index is 0.164. The molecule has 0 bridgehead atoms. The summed E-state index contributed by atoms with van der Waals surface area (Å²) in [6.07, 6.45) is 0.739. The van der Waals surface area contributed by atoms with Gasteiger partial charge in [0, 0.05) is 16.8 Å². The van der Waals surface area contributed by atoms with Crippen LogP contribution in [0, 0.1) is 0 Å². The van der Waals surface area contributed by atoms with Gasteiger partial charge in [-0.15, -0.1) is 11.3 Å². The van der Waals surface area contributed by atoms with Crippen LogP contribution in [-0.4, -0.2) is 15.2 Å². The monoisotopic (exact) mass is 353 g/mol. The summed E-state index contributed by atoms with van der Waals surface area (Å²) in [6, 6.07) is 15.2. The molecule has 6 heteroatoms. The van der Waals surface area contributed by atoms with Crippen LogP contribution in [0.15, 0.2) is 58.7 Å². The lowest BCUT2D eigenvalue weighted by molar-refractivity contribution is 1.05. The van der Waals surface area contributed by atoms with Gasteiger partial charge in [-0.25, -0.2) is 4.98 Å². The number of nitrogens with zero attached hydrogens (tertiary/aromatic N) is 2. The van der Waals surface area contributed by atoms with Crippen LogP contribution in [0.2, 0.25) is 5.02 Å². The number of aromatic nitrogens is 3. The maximum atomic E-state index is 12.7. The van der Waals surface area contributed by atoms with Gasteiger partial charge in [0.25, 0.3) is 0 Å². The van der Waals surface area contributed by atoms with E-state index >= 15 is 0 Å². The SMILES string of the molecule is O=c1c(-c2csc(Cc3ccccc3)n2)n[nH]c2ccc(Cl)cc12. The Morgan fingerprint density at radius 3 is 2.79 bits per heavy atom. The molecule has 1 N–H and O–H groups in total. The Morgan fingerprint density at radius 1 is 1.12 bits per heavy atom. The minimum atomic E-state index is -0.164. The fourth-order valence-corrected chi connectivity index (χ4v) is 3.53. The fourth-order valence-electron chi connectivity index (χ4n) is 2.54. The smallest absolute Gasteiger partial charge is 0.217 e. The number of fused-ring (bicyclic) bond motifs is 1. The van der Waals surface area contributed by atoms with E-state index in [2.05, 4.69) is 27.3 Å². The predicted molar refractivity (Wildman–Crippen MR) is 97.7 cm³/mol. The Morgan fingerprint density at radius 2 is 1.96 bits per heavy atom. The van der Waals surface area contributed by atoms with Crippen molar-refractivity contribution in [2.45, 2.75) is 6.42 Å². The van der Waals surface area contributed by atoms with E-state index in [1.807, 2.05) is 23.6 Å². The van der Waals surface area contributed by atoms with Gasteiger partial charge in [-0.2, -0.15) is 5.10 Å². The summed E-state index contributed by atoms with van der Waals surface area (Å²) in [5, 5.41) is 10.9. The Balaban J connectivity index is 1.73. The highest BCUT2D eigenvalue weighted by Gasteiger charge is 2.13. The number of halogens is 1. The number of benzene rings is 2. The van der Waals surface area contributed by atoms with E-state index in [9.17, 15) is 4.79 Å². The Labute approximate surface area is 146 Å². The van der Waals surface area contributed by atoms with Crippen LogP contribution in [-0.2, 0) is 6.42 Å². The van der Waals surface area contributed by atoms with E-state index in [-0.39, 0.29) is 5.43 Å². The van der Waals surface area contributed by atoms with Gasteiger partial charge >= 0.3 is 0 Å². The first-order chi connectivity index (χ1) is 11.7. The van der Waals surface area contributed by atoms with Gasteiger partial charge in [-0.1, -0.05) is 41.9 Å². The summed E-state index contributed by atoms with van der Waals surface area (Å²) in [4.78, 5) is 17.2. The van der Waals surface area contributed by atoms with Crippen LogP contribution in [0.5, 0.6) is 0 Å². The lowest BCUT2D eigenvalue weighted by Gasteiger charge is -2.00. The van der Waals surface area contributed by atoms with Crippen LogP contribution >= 0.6 is 22.9 Å². The zero-order valence-electron chi connectivity index (χ0n) is 12.5. The van der Waals surface area contributed by atoms with Gasteiger partial charge in [0.1, 0.15) is 5.69 Å². The van der Waals surface area contributed by atoms with Crippen LogP contribution in [0.4, 0.5) is 0 Å². The summed E-state index contributed by atoms with van der Waals surface area (Å²) in [7, 11) is 0. The standard InChI is InChI=1S/C18H12ClN3OS/c19-12-6-7-14-13(9-12)18(23)17(22-21-14)15-10-24-16(20-15)8-11-4-2-1-3-5-11/h1-7,9-10H,8H2,(H,21,23). The second-order valence-corrected chi connectivity index (χ2v) is 6.76. The summed E-state index contributed by atoms with van der Waals surface area (Å²) in [6.45, 7) is 0. The number of aromatic amines is 1. The quantitative estimate of drug-likeness (QED) is 0.597. The molecule has 0 fully saturated rings. The highest BCUT2D eigenvalue weighted by Crippen LogP contribution is 2.22. The molecule has 0 amide bonds. The maximum absolute atomic E-state index is 12.7. The summed E-state index contributed by atoms with van der Waals surface area (Å²) in [5.41, 5.74) is 2.59. The van der Waals surface area contributed by atoms with Crippen molar-refractivity contribution in [3.63, 3.8) is 0 Å². The topological polar surface area (TPSA) is 58.6 Å². The van der Waals surface area contributed by atoms with Crippen molar-refractivity contribution in [2.75, 3.05) is 0 Å². The van der Waals surface area contributed by atoms with Crippen molar-refractivity contribution in [1.82, 2.24) is 15.2 Å². The highest BCUT2D eigenvalue weighted by molar-refractivity contribution is 7.10. The average Bonchev–Trinajstić information content (AvgIpc) is 3.05. The van der Waals surface area contributed by atoms with Crippen LogP contribution in [0.1, 0.15) is 10.6 Å². The molecule has 4 aromatic rings. The van der Waals surface area contributed by atoms with E-state index in [4.69, 9.17) is 11.6 Å². The summed E-state index contributed by atoms with van der Waals surface area (Å²) < 4.78 is 0. The molecule has 0 aliphatic heterocycles. The molecule has 0 spiro atoms. The van der Waals surface area contributed by atoms with E-state index in [0.717, 1.165) is 11.4 Å². The second-order valence-electron chi connectivity index (χ2n) is 5.38. The molecule has 4 rings (SSSR count). The van der Waals surface area contributed by atoms with Gasteiger partial charge in [0.05, 0.1) is 15.9 Å². The van der Waals surface area contributed by atoms with Gasteiger partial charge in [0.2, 0.25) is 5.43 Å². The summed E-state index contributed by atoms with van der Waals surface area (Å²) >= 11 is 7.52. The number of rotatable bonds is 3. The fraction of sp³-hybridized carbons (Fsp3) is 0.0556. The van der Waals surface area contributed by atoms with Crippen LogP contribution < -0.4 is 5.43 Å². The number of hydrogen-bond donors (Lipinski definition) is 1. The van der Waals surface area contributed by atoms with Crippen molar-refractivity contribution in [3.05, 3.63) is 79.7 Å². The molecule has 2 heterocycles. The third-order valence-corrected chi connectivity index (χ3v) is 4.81. The minimum Gasteiger partial charge on any atom is -0.287 e. The van der Waals surface area contributed by atoms with Gasteiger partial charge in [0.15, 0.2) is 5.69 Å². The molecule has 0 saturated heterocycles. The van der Waals surface area contributed by atoms with Crippen LogP contribution in [0.3, 0.4) is 0 Å². The number of nitrogens with one attached hydrogen (secondary N) is 1. The zero-order valence-corrected chi connectivity index (χ0v) is 14.1. The first kappa shape index (κ1) is 15.1. The van der Waals surface area contributed by atoms with E-state index in [0.29, 0.717) is 27.3 Å². The first-order valence-corrected chi connectivity index (χ1v) is 8.63. The normalized spacial score (nSPS) is 11.0. The first-order valence-electron chi connectivity index (χ1n) is 7.37. The number of thiazole rings is 1. The molecule has 4 nitrogen and oxygen atoms in total. The second kappa shape index (κ2) is 6.19. The largest absolute Gasteiger partial charge is 0.287 e. The number of hydrogen-bond acceptors (Lipinski definition) is 4. The van der Waals surface area contributed by atoms with E-state index in [1.165, 1.54) is 16.9 Å². The van der Waals surface area contributed by atoms with Crippen LogP contribution in [0.25, 0.3) is 22.3 Å². The number of H-pyrrole nitrogens is 1. The lowest BCUT2D eigenvalue weighted by atomic mass is 10.1. The van der Waals surface area contributed by atoms with Crippen molar-refractivity contribution in [1.29, 1.82) is 0 Å². The van der Waals surface area contributed by atoms with E-state index in [1.54, 1.807) is 18.2 Å². The lowest BCUT2D eigenvalue weighted by Crippen LogP contribution is -2.10. The molecule has 0 saturated carbocycles. The molecule has 24 heavy (non-hydrogen) atoms. The third kappa shape index (κ3) is 2.84. The van der Waals surface area contributed by atoms with Gasteiger partial charge < -0.3 is 0 Å². The molecule has 0 aliphatic carbocycles. The molecule has 2 aromatic carbocycles. The molecule has 0 aliphatic rings. The molecule has 0 atom stereocenters. The van der Waals surface area contributed by atoms with Gasteiger partial charge in [-0.3, -0.25) is 9.89 Å². The zero-order chi connectivity index (χ0) is 16.5. The Kier molecular flexibility index (Phi) is 3.88. The summed E-state index contributed by atoms with van der Waals surface area (Å²) in [5.74, 6) is 0. The average molecular weight is 354 g/mol. The molecule has 0 unspecified atom stereocenters. The molecular formula is C18H12ClN3OS. The predicted octanol–water partition coefficient (Wildman–Crippen LogP) is 4.29. The van der Waals surface area contributed by atoms with Crippen molar-refractivity contribution in [2.24, 2.45) is 0 Å². The molecule has 0 radical (unpaired) electrons. The van der Waals surface area contributed by atoms with Crippen molar-refractivity contribution < 1.29 is 0 Å². The van der Waals surface area contributed by atoms with E-state index < -0.39 is 0 Å². The maximum Gasteiger partial charge on any atom is 0.217 e.